The summed E-state index contributed by atoms with van der Waals surface area (Å²) < 4.78 is 11.6. The van der Waals surface area contributed by atoms with Gasteiger partial charge in [-0.05, 0) is 48.5 Å². The predicted octanol–water partition coefficient (Wildman–Crippen LogP) is 5.48. The fourth-order valence-corrected chi connectivity index (χ4v) is 3.60. The summed E-state index contributed by atoms with van der Waals surface area (Å²) in [6, 6.07) is 25.7. The first-order valence-corrected chi connectivity index (χ1v) is 11.3. The first kappa shape index (κ1) is 23.3. The van der Waals surface area contributed by atoms with Gasteiger partial charge in [-0.2, -0.15) is 0 Å². The Balaban J connectivity index is 1.47. The highest BCUT2D eigenvalue weighted by Gasteiger charge is 2.19. The third-order valence-electron chi connectivity index (χ3n) is 4.99. The van der Waals surface area contributed by atoms with E-state index in [2.05, 4.69) is 9.97 Å². The summed E-state index contributed by atoms with van der Waals surface area (Å²) in [7, 11) is 0. The maximum atomic E-state index is 13.5. The average molecular weight is 474 g/mol. The molecule has 7 heteroatoms. The van der Waals surface area contributed by atoms with Crippen molar-refractivity contribution in [3.8, 4) is 11.6 Å². The number of aromatic nitrogens is 2. The molecular formula is C27H24ClN3O3. The van der Waals surface area contributed by atoms with Crippen LogP contribution < -0.4 is 14.4 Å². The molecule has 0 N–H and O–H groups in total. The van der Waals surface area contributed by atoms with E-state index in [-0.39, 0.29) is 12.5 Å². The van der Waals surface area contributed by atoms with Crippen LogP contribution in [-0.4, -0.2) is 35.6 Å². The van der Waals surface area contributed by atoms with Gasteiger partial charge in [0.05, 0.1) is 13.2 Å². The molecule has 6 nitrogen and oxygen atoms in total. The van der Waals surface area contributed by atoms with Crippen LogP contribution in [0.5, 0.6) is 11.6 Å². The van der Waals surface area contributed by atoms with Crippen molar-refractivity contribution < 1.29 is 14.3 Å². The van der Waals surface area contributed by atoms with Crippen LogP contribution in [0.15, 0.2) is 97.3 Å². The summed E-state index contributed by atoms with van der Waals surface area (Å²) in [6.07, 6.45) is 4.07. The normalized spacial score (nSPS) is 10.5. The third kappa shape index (κ3) is 6.56. The molecule has 0 unspecified atom stereocenters. The maximum Gasteiger partial charge on any atom is 0.258 e. The SMILES string of the molecule is O=C(c1cc(Cl)cc(OCCc2ccccn2)c1)N(CCOc1ccccn1)c1ccccc1. The Morgan fingerprint density at radius 3 is 2.32 bits per heavy atom. The minimum atomic E-state index is -0.201. The Morgan fingerprint density at radius 1 is 0.824 bits per heavy atom. The van der Waals surface area contributed by atoms with E-state index in [9.17, 15) is 4.79 Å². The monoisotopic (exact) mass is 473 g/mol. The lowest BCUT2D eigenvalue weighted by Gasteiger charge is -2.23. The number of pyridine rings is 2. The first-order chi connectivity index (χ1) is 16.7. The molecule has 2 heterocycles. The lowest BCUT2D eigenvalue weighted by atomic mass is 10.1. The van der Waals surface area contributed by atoms with Crippen LogP contribution in [0.25, 0.3) is 0 Å². The summed E-state index contributed by atoms with van der Waals surface area (Å²) in [5, 5.41) is 0.427. The molecule has 0 radical (unpaired) electrons. The minimum absolute atomic E-state index is 0.201. The summed E-state index contributed by atoms with van der Waals surface area (Å²) in [4.78, 5) is 23.6. The summed E-state index contributed by atoms with van der Waals surface area (Å²) >= 11 is 6.33. The Kier molecular flexibility index (Phi) is 8.08. The molecule has 0 aliphatic rings. The molecule has 2 aromatic heterocycles. The molecular weight excluding hydrogens is 450 g/mol. The molecule has 34 heavy (non-hydrogen) atoms. The van der Waals surface area contributed by atoms with Crippen LogP contribution in [0.2, 0.25) is 5.02 Å². The number of amides is 1. The van der Waals surface area contributed by atoms with Gasteiger partial charge in [-0.3, -0.25) is 9.78 Å². The van der Waals surface area contributed by atoms with Gasteiger partial charge in [-0.1, -0.05) is 41.9 Å². The molecule has 0 saturated heterocycles. The van der Waals surface area contributed by atoms with Gasteiger partial charge >= 0.3 is 0 Å². The number of para-hydroxylation sites is 1. The van der Waals surface area contributed by atoms with Crippen molar-refractivity contribution in [1.29, 1.82) is 0 Å². The van der Waals surface area contributed by atoms with Crippen LogP contribution in [0, 0.1) is 0 Å². The van der Waals surface area contributed by atoms with E-state index in [0.29, 0.717) is 41.8 Å². The van der Waals surface area contributed by atoms with Crippen molar-refractivity contribution >= 4 is 23.2 Å². The zero-order valence-electron chi connectivity index (χ0n) is 18.5. The molecule has 0 spiro atoms. The van der Waals surface area contributed by atoms with Crippen molar-refractivity contribution in [2.75, 3.05) is 24.7 Å². The number of carbonyl (C=O) groups excluding carboxylic acids is 1. The number of anilines is 1. The molecule has 4 rings (SSSR count). The van der Waals surface area contributed by atoms with Crippen LogP contribution in [0.1, 0.15) is 16.1 Å². The van der Waals surface area contributed by atoms with Crippen molar-refractivity contribution in [3.05, 3.63) is 114 Å². The van der Waals surface area contributed by atoms with Crippen molar-refractivity contribution in [2.24, 2.45) is 0 Å². The smallest absolute Gasteiger partial charge is 0.258 e. The lowest BCUT2D eigenvalue weighted by molar-refractivity contribution is 0.0981. The van der Waals surface area contributed by atoms with E-state index in [4.69, 9.17) is 21.1 Å². The van der Waals surface area contributed by atoms with E-state index in [1.807, 2.05) is 60.7 Å². The van der Waals surface area contributed by atoms with Gasteiger partial charge in [-0.15, -0.1) is 0 Å². The van der Waals surface area contributed by atoms with Gasteiger partial charge < -0.3 is 14.4 Å². The number of rotatable bonds is 10. The molecule has 0 atom stereocenters. The highest BCUT2D eigenvalue weighted by atomic mass is 35.5. The molecule has 0 fully saturated rings. The minimum Gasteiger partial charge on any atom is -0.493 e. The Hall–Kier alpha value is -3.90. The summed E-state index contributed by atoms with van der Waals surface area (Å²) in [6.45, 7) is 1.04. The molecule has 0 bridgehead atoms. The molecule has 0 aliphatic carbocycles. The molecule has 172 valence electrons. The molecule has 0 saturated carbocycles. The molecule has 0 aliphatic heterocycles. The van der Waals surface area contributed by atoms with Gasteiger partial charge in [0.2, 0.25) is 5.88 Å². The van der Waals surface area contributed by atoms with Crippen LogP contribution >= 0.6 is 11.6 Å². The second-order valence-corrected chi connectivity index (χ2v) is 7.84. The van der Waals surface area contributed by atoms with Crippen molar-refractivity contribution in [1.82, 2.24) is 9.97 Å². The zero-order valence-corrected chi connectivity index (χ0v) is 19.3. The fraction of sp³-hybridized carbons (Fsp3) is 0.148. The topological polar surface area (TPSA) is 64.5 Å². The molecule has 2 aromatic carbocycles. The first-order valence-electron chi connectivity index (χ1n) is 10.9. The average Bonchev–Trinajstić information content (AvgIpc) is 2.88. The second-order valence-electron chi connectivity index (χ2n) is 7.40. The number of benzene rings is 2. The van der Waals surface area contributed by atoms with E-state index in [1.54, 1.807) is 41.6 Å². The molecule has 4 aromatic rings. The Bertz CT molecular complexity index is 1190. The molecule has 1 amide bonds. The van der Waals surface area contributed by atoms with E-state index in [0.717, 1.165) is 11.4 Å². The van der Waals surface area contributed by atoms with E-state index in [1.165, 1.54) is 0 Å². The second kappa shape index (κ2) is 11.8. The third-order valence-corrected chi connectivity index (χ3v) is 5.21. The van der Waals surface area contributed by atoms with Gasteiger partial charge in [0.15, 0.2) is 0 Å². The van der Waals surface area contributed by atoms with Crippen molar-refractivity contribution in [2.45, 2.75) is 6.42 Å². The fourth-order valence-electron chi connectivity index (χ4n) is 3.37. The van der Waals surface area contributed by atoms with E-state index >= 15 is 0 Å². The van der Waals surface area contributed by atoms with Crippen LogP contribution in [0.4, 0.5) is 5.69 Å². The highest BCUT2D eigenvalue weighted by Crippen LogP contribution is 2.24. The predicted molar refractivity (Wildman–Crippen MR) is 133 cm³/mol. The van der Waals surface area contributed by atoms with Gasteiger partial charge in [0, 0.05) is 46.8 Å². The number of ether oxygens (including phenoxy) is 2. The number of hydrogen-bond acceptors (Lipinski definition) is 5. The quantitative estimate of drug-likeness (QED) is 0.305. The van der Waals surface area contributed by atoms with Gasteiger partial charge in [-0.25, -0.2) is 4.98 Å². The van der Waals surface area contributed by atoms with Crippen LogP contribution in [0.3, 0.4) is 0 Å². The van der Waals surface area contributed by atoms with Gasteiger partial charge in [0.1, 0.15) is 12.4 Å². The zero-order chi connectivity index (χ0) is 23.6. The van der Waals surface area contributed by atoms with Crippen LogP contribution in [-0.2, 0) is 6.42 Å². The van der Waals surface area contributed by atoms with E-state index < -0.39 is 0 Å². The number of nitrogens with zero attached hydrogens (tertiary/aromatic N) is 3. The largest absolute Gasteiger partial charge is 0.493 e. The maximum absolute atomic E-state index is 13.5. The lowest BCUT2D eigenvalue weighted by Crippen LogP contribution is -2.34. The number of carbonyl (C=O) groups is 1. The highest BCUT2D eigenvalue weighted by molar-refractivity contribution is 6.31. The number of hydrogen-bond donors (Lipinski definition) is 0. The summed E-state index contributed by atoms with van der Waals surface area (Å²) in [5.41, 5.74) is 2.13. The van der Waals surface area contributed by atoms with Gasteiger partial charge in [0.25, 0.3) is 5.91 Å². The Morgan fingerprint density at radius 2 is 1.59 bits per heavy atom. The summed E-state index contributed by atoms with van der Waals surface area (Å²) in [5.74, 6) is 0.840. The number of halogens is 1. The Labute approximate surface area is 203 Å². The van der Waals surface area contributed by atoms with Crippen molar-refractivity contribution in [3.63, 3.8) is 0 Å². The standard InChI is InChI=1S/C27H24ClN3O3/c28-22-18-21(19-25(20-22)33-16-12-23-8-4-6-13-29-23)27(32)31(24-9-2-1-3-10-24)15-17-34-26-11-5-7-14-30-26/h1-11,13-14,18-20H,12,15-17H2.